The minimum absolute atomic E-state index is 0.0228. The Morgan fingerprint density at radius 2 is 1.91 bits per heavy atom. The van der Waals surface area contributed by atoms with Gasteiger partial charge in [-0.1, -0.05) is 42.5 Å². The Bertz CT molecular complexity index is 1610. The summed E-state index contributed by atoms with van der Waals surface area (Å²) >= 11 is 0. The van der Waals surface area contributed by atoms with E-state index in [-0.39, 0.29) is 31.4 Å². The van der Waals surface area contributed by atoms with Crippen molar-refractivity contribution in [1.29, 1.82) is 0 Å². The Morgan fingerprint density at radius 1 is 1.18 bits per heavy atom. The van der Waals surface area contributed by atoms with Gasteiger partial charge < -0.3 is 23.6 Å². The maximum absolute atomic E-state index is 16.1. The quantitative estimate of drug-likeness (QED) is 0.154. The minimum Gasteiger partial charge on any atom is -0.441 e. The van der Waals surface area contributed by atoms with E-state index >= 15 is 4.11 Å². The number of rotatable bonds is 10. The third kappa shape index (κ3) is 5.46. The number of carbonyl (C=O) groups excluding carboxylic acids is 3. The van der Waals surface area contributed by atoms with Gasteiger partial charge in [0.25, 0.3) is 5.91 Å². The zero-order valence-electron chi connectivity index (χ0n) is 25.9. The molecule has 13 heteroatoms. The van der Waals surface area contributed by atoms with Gasteiger partial charge in [0, 0.05) is 55.4 Å². The smallest absolute Gasteiger partial charge is 0.304 e. The zero-order chi connectivity index (χ0) is 32.1. The second kappa shape index (κ2) is 11.8. The number of hydrogen-bond acceptors (Lipinski definition) is 8. The molecule has 3 aromatic rings. The average molecular weight is 636 g/mol. The molecule has 1 spiro atoms. The average Bonchev–Trinajstić information content (AvgIpc) is 3.62. The summed E-state index contributed by atoms with van der Waals surface area (Å²) in [6, 6.07) is 14.8. The first-order valence-corrected chi connectivity index (χ1v) is 18.3. The topological polar surface area (TPSA) is 127 Å². The Kier molecular flexibility index (Phi) is 8.12. The van der Waals surface area contributed by atoms with E-state index in [1.807, 2.05) is 43.3 Å². The lowest BCUT2D eigenvalue weighted by Gasteiger charge is -2.39. The Morgan fingerprint density at radius 3 is 2.58 bits per heavy atom. The van der Waals surface area contributed by atoms with Crippen LogP contribution in [0.3, 0.4) is 0 Å². The van der Waals surface area contributed by atoms with E-state index in [4.69, 9.17) is 9.47 Å². The highest BCUT2D eigenvalue weighted by Gasteiger charge is 2.66. The van der Waals surface area contributed by atoms with Crippen LogP contribution in [-0.2, 0) is 49.0 Å². The number of aryl methyl sites for hydroxylation is 1. The number of para-hydroxylation sites is 1. The van der Waals surface area contributed by atoms with Crippen molar-refractivity contribution in [3.63, 3.8) is 0 Å². The largest absolute Gasteiger partial charge is 0.441 e. The summed E-state index contributed by atoms with van der Waals surface area (Å²) in [6.45, 7) is 7.28. The highest BCUT2D eigenvalue weighted by molar-refractivity contribution is 6.72. The number of hydrogen-bond donors (Lipinski definition) is 1. The summed E-state index contributed by atoms with van der Waals surface area (Å²) in [7, 11) is -3.31. The van der Waals surface area contributed by atoms with Crippen molar-refractivity contribution in [3.05, 3.63) is 71.5 Å². The number of fused-ring (bicyclic) bond motifs is 2. The molecule has 2 amide bonds. The van der Waals surface area contributed by atoms with Gasteiger partial charge in [-0.25, -0.2) is 0 Å². The molecule has 1 unspecified atom stereocenters. The first-order valence-electron chi connectivity index (χ1n) is 15.3. The molecule has 2 saturated heterocycles. The lowest BCUT2D eigenvalue weighted by atomic mass is 9.82. The third-order valence-electron chi connectivity index (χ3n) is 9.23. The van der Waals surface area contributed by atoms with Crippen molar-refractivity contribution >= 4 is 37.6 Å². The fraction of sp³-hybridized carbons (Fsp3) is 0.469. The number of aliphatic hydroxyl groups excluding tert-OH is 1. The van der Waals surface area contributed by atoms with E-state index in [2.05, 4.69) is 10.3 Å². The number of halogens is 1. The van der Waals surface area contributed by atoms with Gasteiger partial charge in [0.2, 0.25) is 14.3 Å². The third-order valence-corrected chi connectivity index (χ3v) is 11.7. The predicted molar refractivity (Wildman–Crippen MR) is 165 cm³/mol. The van der Waals surface area contributed by atoms with Gasteiger partial charge in [0.05, 0.1) is 30.5 Å². The Hall–Kier alpha value is -3.94. The van der Waals surface area contributed by atoms with Crippen molar-refractivity contribution in [2.45, 2.75) is 82.8 Å². The molecule has 2 aromatic carbocycles. The number of ether oxygens (including phenoxy) is 2. The number of aliphatic hydroxyl groups is 1. The second-order valence-corrected chi connectivity index (χ2v) is 16.4. The van der Waals surface area contributed by atoms with Crippen molar-refractivity contribution in [3.8, 4) is 0 Å². The number of esters is 1. The number of anilines is 2. The van der Waals surface area contributed by atoms with E-state index in [0.29, 0.717) is 30.8 Å². The van der Waals surface area contributed by atoms with Crippen LogP contribution in [0.5, 0.6) is 0 Å². The molecule has 1 N–H and O–H groups in total. The minimum atomic E-state index is -3.31. The van der Waals surface area contributed by atoms with Crippen LogP contribution in [0, 0.1) is 5.92 Å². The molecule has 6 rings (SSSR count). The van der Waals surface area contributed by atoms with E-state index in [9.17, 15) is 19.5 Å². The summed E-state index contributed by atoms with van der Waals surface area (Å²) < 4.78 is 29.8. The lowest BCUT2D eigenvalue weighted by molar-refractivity contribution is -0.154. The molecular formula is C32H38FN5O6Si. The molecule has 5 atom stereocenters. The van der Waals surface area contributed by atoms with Gasteiger partial charge in [0.1, 0.15) is 0 Å². The number of benzene rings is 2. The van der Waals surface area contributed by atoms with Crippen molar-refractivity contribution in [1.82, 2.24) is 15.0 Å². The molecular weight excluding hydrogens is 597 g/mol. The first-order chi connectivity index (χ1) is 21.4. The Labute approximate surface area is 262 Å². The molecule has 0 saturated carbocycles. The molecule has 4 heterocycles. The first kappa shape index (κ1) is 31.1. The number of aromatic nitrogens is 3. The zero-order valence-corrected chi connectivity index (χ0v) is 26.9. The fourth-order valence-electron chi connectivity index (χ4n) is 7.29. The molecule has 11 nitrogen and oxygen atoms in total. The number of β-lactam (4-membered cyclic amide) rings is 1. The highest BCUT2D eigenvalue weighted by atomic mass is 28.4. The van der Waals surface area contributed by atoms with Crippen LogP contribution in [0.1, 0.15) is 43.5 Å². The molecule has 238 valence electrons. The Balaban J connectivity index is 1.25. The SMILES string of the molecule is CC(=O)OC1CC(=O)N1c1ccc(CN2C(=O)[C@]3(O[C@H](CCn4cc(CCO)nn4)[C@@H]([Si](C)(C)F)[C@@H]3C)c3ccccc32)cc1. The second-order valence-electron chi connectivity index (χ2n) is 12.6. The van der Waals surface area contributed by atoms with Gasteiger partial charge in [-0.2, -0.15) is 0 Å². The van der Waals surface area contributed by atoms with Gasteiger partial charge in [0.15, 0.2) is 11.8 Å². The maximum atomic E-state index is 16.1. The van der Waals surface area contributed by atoms with Crippen LogP contribution < -0.4 is 9.80 Å². The molecule has 3 aliphatic heterocycles. The van der Waals surface area contributed by atoms with E-state index in [0.717, 1.165) is 16.8 Å². The van der Waals surface area contributed by atoms with E-state index < -0.39 is 43.8 Å². The van der Waals surface area contributed by atoms with Crippen LogP contribution in [0.15, 0.2) is 54.7 Å². The van der Waals surface area contributed by atoms with Crippen LogP contribution >= 0.6 is 0 Å². The van der Waals surface area contributed by atoms with Gasteiger partial charge >= 0.3 is 5.97 Å². The molecule has 0 bridgehead atoms. The van der Waals surface area contributed by atoms with Crippen molar-refractivity contribution in [2.24, 2.45) is 5.92 Å². The van der Waals surface area contributed by atoms with E-state index in [1.54, 1.807) is 41.0 Å². The van der Waals surface area contributed by atoms with Gasteiger partial charge in [-0.3, -0.25) is 24.0 Å². The predicted octanol–water partition coefficient (Wildman–Crippen LogP) is 3.85. The fourth-order valence-corrected chi connectivity index (χ4v) is 9.84. The molecule has 0 aliphatic carbocycles. The maximum Gasteiger partial charge on any atom is 0.304 e. The normalized spacial score (nSPS) is 26.0. The van der Waals surface area contributed by atoms with Crippen LogP contribution in [0.2, 0.25) is 18.6 Å². The lowest BCUT2D eigenvalue weighted by Crippen LogP contribution is -2.54. The van der Waals surface area contributed by atoms with Gasteiger partial charge in [-0.05, 0) is 43.3 Å². The molecule has 0 radical (unpaired) electrons. The molecule has 3 aliphatic rings. The molecule has 1 aromatic heterocycles. The summed E-state index contributed by atoms with van der Waals surface area (Å²) in [5.41, 5.74) is 1.83. The van der Waals surface area contributed by atoms with E-state index in [1.165, 1.54) is 11.8 Å². The monoisotopic (exact) mass is 635 g/mol. The highest BCUT2D eigenvalue weighted by Crippen LogP contribution is 2.60. The number of amides is 2. The summed E-state index contributed by atoms with van der Waals surface area (Å²) in [5.74, 6) is -1.22. The van der Waals surface area contributed by atoms with Crippen molar-refractivity contribution in [2.75, 3.05) is 16.4 Å². The van der Waals surface area contributed by atoms with Gasteiger partial charge in [-0.15, -0.1) is 5.10 Å². The number of nitrogens with zero attached hydrogens (tertiary/aromatic N) is 5. The summed E-state index contributed by atoms with van der Waals surface area (Å²) in [5, 5.41) is 17.4. The molecule has 45 heavy (non-hydrogen) atoms. The summed E-state index contributed by atoms with van der Waals surface area (Å²) in [6.07, 6.45) is 1.65. The summed E-state index contributed by atoms with van der Waals surface area (Å²) in [4.78, 5) is 41.3. The number of carbonyl (C=O) groups is 3. The molecule has 2 fully saturated rings. The van der Waals surface area contributed by atoms with Crippen molar-refractivity contribution < 1.29 is 33.1 Å². The standard InChI is InChI=1S/C32H38FN5O6Si/c1-20-30(45(3,4)33)27(13-15-36-19-23(14-16-39)34-35-36)44-32(20)25-7-5-6-8-26(25)37(31(32)42)18-22-9-11-24(12-10-22)38-28(41)17-29(38)43-21(2)40/h5-12,19-20,27,29-30,39H,13-18H2,1-4H3/t20-,27+,29?,30-,32+/m0/s1. The van der Waals surface area contributed by atoms with Crippen LogP contribution in [-0.4, -0.2) is 65.2 Å². The van der Waals surface area contributed by atoms with Crippen LogP contribution in [0.4, 0.5) is 15.5 Å². The van der Waals surface area contributed by atoms with Crippen LogP contribution in [0.25, 0.3) is 0 Å².